The molecule has 4 unspecified atom stereocenters. The van der Waals surface area contributed by atoms with Gasteiger partial charge >= 0.3 is 0 Å². The molecule has 1 aliphatic heterocycles. The number of fused-ring (bicyclic) bond motifs is 1. The Morgan fingerprint density at radius 3 is 2.62 bits per heavy atom. The molecule has 4 heteroatoms. The number of carbonyl (C=O) groups excluding carboxylic acids is 1. The summed E-state index contributed by atoms with van der Waals surface area (Å²) < 4.78 is 13.3. The van der Waals surface area contributed by atoms with Crippen molar-refractivity contribution in [3.05, 3.63) is 54.1 Å². The Kier molecular flexibility index (Phi) is 2.84. The highest BCUT2D eigenvalue weighted by molar-refractivity contribution is 5.83. The Morgan fingerprint density at radius 1 is 1.14 bits per heavy atom. The van der Waals surface area contributed by atoms with Gasteiger partial charge in [-0.1, -0.05) is 18.2 Å². The molecule has 21 heavy (non-hydrogen) atoms. The number of hydrogen-bond donors (Lipinski definition) is 2. The summed E-state index contributed by atoms with van der Waals surface area (Å²) in [5.41, 5.74) is 1.71. The lowest BCUT2D eigenvalue weighted by atomic mass is 9.60. The molecule has 3 aliphatic carbocycles. The zero-order chi connectivity index (χ0) is 14.4. The second kappa shape index (κ2) is 4.72. The molecular formula is C17H17FN2O. The molecular weight excluding hydrogens is 267 g/mol. The van der Waals surface area contributed by atoms with Gasteiger partial charge in [0.05, 0.1) is 5.92 Å². The van der Waals surface area contributed by atoms with Gasteiger partial charge < -0.3 is 10.6 Å². The summed E-state index contributed by atoms with van der Waals surface area (Å²) in [6, 6.07) is 6.43. The molecule has 1 aromatic carbocycles. The van der Waals surface area contributed by atoms with Gasteiger partial charge in [-0.2, -0.15) is 0 Å². The maximum Gasteiger partial charge on any atom is 0.228 e. The van der Waals surface area contributed by atoms with E-state index in [1.165, 1.54) is 12.1 Å². The average molecular weight is 284 g/mol. The fourth-order valence-electron chi connectivity index (χ4n) is 3.97. The second-order valence-corrected chi connectivity index (χ2v) is 6.09. The lowest BCUT2D eigenvalue weighted by molar-refractivity contribution is -0.129. The summed E-state index contributed by atoms with van der Waals surface area (Å²) in [5.74, 6) is 0.780. The van der Waals surface area contributed by atoms with Gasteiger partial charge in [-0.25, -0.2) is 4.39 Å². The smallest absolute Gasteiger partial charge is 0.228 e. The van der Waals surface area contributed by atoms with Crippen LogP contribution in [0.25, 0.3) is 0 Å². The van der Waals surface area contributed by atoms with E-state index in [0.29, 0.717) is 11.8 Å². The zero-order valence-corrected chi connectivity index (χ0v) is 11.6. The molecule has 1 saturated carbocycles. The summed E-state index contributed by atoms with van der Waals surface area (Å²) in [4.78, 5) is 12.2. The lowest BCUT2D eigenvalue weighted by Crippen LogP contribution is -2.49. The third-order valence-electron chi connectivity index (χ3n) is 4.89. The van der Waals surface area contributed by atoms with E-state index >= 15 is 0 Å². The molecule has 108 valence electrons. The predicted molar refractivity (Wildman–Crippen MR) is 78.6 cm³/mol. The summed E-state index contributed by atoms with van der Waals surface area (Å²) in [5, 5.41) is 6.16. The van der Waals surface area contributed by atoms with Crippen LogP contribution in [0.3, 0.4) is 0 Å². The van der Waals surface area contributed by atoms with Crippen molar-refractivity contribution in [2.75, 3.05) is 5.32 Å². The van der Waals surface area contributed by atoms with Crippen LogP contribution in [0.4, 0.5) is 10.1 Å². The number of halogens is 1. The summed E-state index contributed by atoms with van der Waals surface area (Å²) in [6.45, 7) is 0. The zero-order valence-electron chi connectivity index (χ0n) is 11.6. The Hall–Kier alpha value is -2.10. The molecule has 3 nitrogen and oxygen atoms in total. The summed E-state index contributed by atoms with van der Waals surface area (Å²) in [6.07, 6.45) is 8.40. The van der Waals surface area contributed by atoms with E-state index in [1.54, 1.807) is 12.3 Å². The normalized spacial score (nSPS) is 33.2. The van der Waals surface area contributed by atoms with Crippen LogP contribution in [0.5, 0.6) is 0 Å². The molecule has 1 fully saturated rings. The van der Waals surface area contributed by atoms with Gasteiger partial charge in [0, 0.05) is 23.5 Å². The fourth-order valence-corrected chi connectivity index (χ4v) is 3.97. The maximum atomic E-state index is 13.3. The van der Waals surface area contributed by atoms with Crippen molar-refractivity contribution >= 4 is 11.6 Å². The number of hydrogen-bond acceptors (Lipinski definition) is 2. The minimum absolute atomic E-state index is 0.00908. The van der Waals surface area contributed by atoms with Crippen molar-refractivity contribution in [1.29, 1.82) is 0 Å². The highest BCUT2D eigenvalue weighted by Crippen LogP contribution is 2.49. The Morgan fingerprint density at radius 2 is 1.90 bits per heavy atom. The first-order chi connectivity index (χ1) is 10.2. The Bertz CT molecular complexity index is 652. The first-order valence-electron chi connectivity index (χ1n) is 7.44. The quantitative estimate of drug-likeness (QED) is 0.820. The van der Waals surface area contributed by atoms with Gasteiger partial charge in [-0.05, 0) is 42.9 Å². The molecule has 1 amide bonds. The van der Waals surface area contributed by atoms with E-state index in [4.69, 9.17) is 0 Å². The van der Waals surface area contributed by atoms with Crippen LogP contribution < -0.4 is 10.6 Å². The van der Waals surface area contributed by atoms with Gasteiger partial charge in [-0.3, -0.25) is 4.79 Å². The summed E-state index contributed by atoms with van der Waals surface area (Å²) in [7, 11) is 0. The van der Waals surface area contributed by atoms with Crippen LogP contribution in [0, 0.1) is 29.5 Å². The minimum atomic E-state index is -0.262. The maximum absolute atomic E-state index is 13.3. The molecule has 2 bridgehead atoms. The molecule has 0 spiro atoms. The van der Waals surface area contributed by atoms with Crippen molar-refractivity contribution < 1.29 is 9.18 Å². The lowest BCUT2D eigenvalue weighted by Gasteiger charge is -2.46. The van der Waals surface area contributed by atoms with E-state index in [2.05, 4.69) is 22.8 Å². The number of allylic oxidation sites excluding steroid dienone is 3. The second-order valence-electron chi connectivity index (χ2n) is 6.09. The number of benzene rings is 1. The van der Waals surface area contributed by atoms with Crippen LogP contribution in [-0.4, -0.2) is 5.91 Å². The topological polar surface area (TPSA) is 41.1 Å². The highest BCUT2D eigenvalue weighted by Gasteiger charge is 2.47. The van der Waals surface area contributed by atoms with Crippen LogP contribution >= 0.6 is 0 Å². The molecule has 0 radical (unpaired) electrons. The monoisotopic (exact) mass is 284 g/mol. The van der Waals surface area contributed by atoms with E-state index in [9.17, 15) is 9.18 Å². The highest BCUT2D eigenvalue weighted by atomic mass is 19.1. The van der Waals surface area contributed by atoms with Gasteiger partial charge in [0.2, 0.25) is 5.91 Å². The summed E-state index contributed by atoms with van der Waals surface area (Å²) >= 11 is 0. The molecule has 1 heterocycles. The van der Waals surface area contributed by atoms with E-state index < -0.39 is 0 Å². The van der Waals surface area contributed by atoms with Crippen molar-refractivity contribution in [1.82, 2.24) is 5.32 Å². The van der Waals surface area contributed by atoms with Crippen LogP contribution in [0.2, 0.25) is 0 Å². The van der Waals surface area contributed by atoms with Crippen LogP contribution in [-0.2, 0) is 4.79 Å². The SMILES string of the molecule is O=C1NC=C(Nc2cccc(F)c2)C2C3C=CC(CC3)C12. The first kappa shape index (κ1) is 12.6. The Balaban J connectivity index is 1.66. The molecule has 0 aromatic heterocycles. The standard InChI is InChI=1S/C17H17FN2O/c18-12-2-1-3-13(8-12)20-14-9-19-17(21)16-11-6-4-10(5-7-11)15(14)16/h1-4,6,8-11,15-16,20H,5,7H2,(H,19,21). The van der Waals surface area contributed by atoms with E-state index in [1.807, 2.05) is 6.07 Å². The molecule has 5 rings (SSSR count). The number of rotatable bonds is 2. The van der Waals surface area contributed by atoms with Crippen molar-refractivity contribution in [2.24, 2.45) is 23.7 Å². The number of amides is 1. The predicted octanol–water partition coefficient (Wildman–Crippen LogP) is 3.04. The van der Waals surface area contributed by atoms with Crippen LogP contribution in [0.15, 0.2) is 48.3 Å². The molecule has 2 N–H and O–H groups in total. The molecule has 4 atom stereocenters. The van der Waals surface area contributed by atoms with Crippen molar-refractivity contribution in [3.8, 4) is 0 Å². The fraction of sp³-hybridized carbons (Fsp3) is 0.353. The molecule has 4 aliphatic rings. The number of nitrogens with one attached hydrogen (secondary N) is 2. The largest absolute Gasteiger partial charge is 0.357 e. The number of carbonyl (C=O) groups is 1. The van der Waals surface area contributed by atoms with Crippen molar-refractivity contribution in [3.63, 3.8) is 0 Å². The third-order valence-corrected chi connectivity index (χ3v) is 4.89. The van der Waals surface area contributed by atoms with Crippen molar-refractivity contribution in [2.45, 2.75) is 12.8 Å². The number of anilines is 1. The average Bonchev–Trinajstić information content (AvgIpc) is 2.51. The third kappa shape index (κ3) is 2.06. The van der Waals surface area contributed by atoms with E-state index in [-0.39, 0.29) is 23.6 Å². The van der Waals surface area contributed by atoms with Crippen LogP contribution in [0.1, 0.15) is 12.8 Å². The Labute approximate surface area is 122 Å². The van der Waals surface area contributed by atoms with Gasteiger partial charge in [0.1, 0.15) is 5.82 Å². The van der Waals surface area contributed by atoms with Gasteiger partial charge in [0.15, 0.2) is 0 Å². The van der Waals surface area contributed by atoms with Gasteiger partial charge in [-0.15, -0.1) is 0 Å². The molecule has 0 saturated heterocycles. The van der Waals surface area contributed by atoms with Gasteiger partial charge in [0.25, 0.3) is 0 Å². The first-order valence-corrected chi connectivity index (χ1v) is 7.44. The minimum Gasteiger partial charge on any atom is -0.357 e. The molecule has 1 aromatic rings. The van der Waals surface area contributed by atoms with E-state index in [0.717, 1.165) is 24.2 Å².